The summed E-state index contributed by atoms with van der Waals surface area (Å²) in [6.45, 7) is 9.42. The minimum Gasteiger partial charge on any atom is -0.247 e. The van der Waals surface area contributed by atoms with Crippen LogP contribution in [-0.4, -0.2) is 4.98 Å². The van der Waals surface area contributed by atoms with E-state index in [2.05, 4.69) is 49.6 Å². The van der Waals surface area contributed by atoms with Gasteiger partial charge in [-0.15, -0.1) is 0 Å². The van der Waals surface area contributed by atoms with Crippen LogP contribution < -0.4 is 4.57 Å². The highest BCUT2D eigenvalue weighted by Gasteiger charge is 2.24. The normalized spacial score (nSPS) is 13.2. The molecule has 0 aliphatic heterocycles. The fourth-order valence-corrected chi connectivity index (χ4v) is 6.67. The molecule has 0 saturated heterocycles. The fraction of sp³-hybridized carbons (Fsp3) is 0.921. The number of nitrogens with one attached hydrogen (secondary N) is 1. The molecule has 0 spiro atoms. The van der Waals surface area contributed by atoms with Crippen molar-refractivity contribution in [3.8, 4) is 0 Å². The van der Waals surface area contributed by atoms with E-state index >= 15 is 0 Å². The Hall–Kier alpha value is -0.790. The van der Waals surface area contributed by atoms with Gasteiger partial charge in [0.05, 0.1) is 12.0 Å². The summed E-state index contributed by atoms with van der Waals surface area (Å²) in [4.78, 5) is 3.68. The maximum absolute atomic E-state index is 3.68. The number of aromatic amines is 1. The van der Waals surface area contributed by atoms with Gasteiger partial charge < -0.3 is 0 Å². The number of imidazole rings is 1. The molecule has 40 heavy (non-hydrogen) atoms. The van der Waals surface area contributed by atoms with E-state index in [0.717, 1.165) is 0 Å². The van der Waals surface area contributed by atoms with E-state index in [9.17, 15) is 0 Å². The molecule has 1 N–H and O–H groups in total. The van der Waals surface area contributed by atoms with Gasteiger partial charge in [0.2, 0.25) is 0 Å². The predicted octanol–water partition coefficient (Wildman–Crippen LogP) is 13.3. The molecule has 0 aliphatic carbocycles. The highest BCUT2D eigenvalue weighted by Crippen LogP contribution is 2.26. The largest absolute Gasteiger partial charge is 0.257 e. The van der Waals surface area contributed by atoms with Crippen LogP contribution in [0.4, 0.5) is 0 Å². The first-order chi connectivity index (χ1) is 19.7. The van der Waals surface area contributed by atoms with Crippen molar-refractivity contribution in [2.75, 3.05) is 0 Å². The lowest BCUT2D eigenvalue weighted by Gasteiger charge is -2.16. The summed E-state index contributed by atoms with van der Waals surface area (Å²) in [6, 6.07) is 0.621. The first-order valence-electron chi connectivity index (χ1n) is 18.8. The lowest BCUT2D eigenvalue weighted by molar-refractivity contribution is -0.727. The number of H-pyrrole nitrogens is 1. The number of aromatic nitrogens is 2. The van der Waals surface area contributed by atoms with Gasteiger partial charge in [0.15, 0.2) is 0 Å². The summed E-state index contributed by atoms with van der Waals surface area (Å²) in [5, 5.41) is 0. The molecule has 0 bridgehead atoms. The summed E-state index contributed by atoms with van der Waals surface area (Å²) in [6.07, 6.45) is 45.8. The maximum Gasteiger partial charge on any atom is 0.257 e. The van der Waals surface area contributed by atoms with Crippen LogP contribution in [0.2, 0.25) is 0 Å². The van der Waals surface area contributed by atoms with Crippen LogP contribution in [0.25, 0.3) is 0 Å². The summed E-state index contributed by atoms with van der Waals surface area (Å²) < 4.78 is 2.60. The average Bonchev–Trinajstić information content (AvgIpc) is 3.45. The van der Waals surface area contributed by atoms with E-state index in [-0.39, 0.29) is 0 Å². The molecule has 236 valence electrons. The van der Waals surface area contributed by atoms with Crippen molar-refractivity contribution in [3.63, 3.8) is 0 Å². The molecule has 2 atom stereocenters. The van der Waals surface area contributed by atoms with Crippen molar-refractivity contribution in [2.24, 2.45) is 0 Å². The van der Waals surface area contributed by atoms with E-state index in [1.807, 2.05) is 0 Å². The highest BCUT2D eigenvalue weighted by molar-refractivity contribution is 4.90. The number of rotatable bonds is 31. The summed E-state index contributed by atoms with van der Waals surface area (Å²) in [7, 11) is 0. The third-order valence-electron chi connectivity index (χ3n) is 9.37. The Labute approximate surface area is 253 Å². The zero-order valence-corrected chi connectivity index (χ0v) is 28.3. The molecule has 2 nitrogen and oxygen atoms in total. The van der Waals surface area contributed by atoms with Crippen LogP contribution in [0.3, 0.4) is 0 Å². The Bertz CT molecular complexity index is 621. The Kier molecular flexibility index (Phi) is 26.4. The van der Waals surface area contributed by atoms with Gasteiger partial charge in [0.1, 0.15) is 12.4 Å². The molecule has 1 aromatic heterocycles. The van der Waals surface area contributed by atoms with Crippen LogP contribution in [0.15, 0.2) is 12.4 Å². The first kappa shape index (κ1) is 37.2. The van der Waals surface area contributed by atoms with E-state index in [4.69, 9.17) is 0 Å². The van der Waals surface area contributed by atoms with Gasteiger partial charge >= 0.3 is 0 Å². The Morgan fingerprint density at radius 2 is 0.850 bits per heavy atom. The molecular weight excluding hydrogens is 484 g/mol. The summed E-state index contributed by atoms with van der Waals surface area (Å²) in [5.74, 6) is 2.21. The van der Waals surface area contributed by atoms with E-state index in [1.54, 1.807) is 0 Å². The van der Waals surface area contributed by atoms with E-state index in [1.165, 1.54) is 192 Å². The van der Waals surface area contributed by atoms with Gasteiger partial charge in [-0.25, -0.2) is 9.55 Å². The van der Waals surface area contributed by atoms with Gasteiger partial charge in [0.25, 0.3) is 5.82 Å². The van der Waals surface area contributed by atoms with Gasteiger partial charge in [-0.3, -0.25) is 0 Å². The topological polar surface area (TPSA) is 19.7 Å². The maximum atomic E-state index is 3.68. The summed E-state index contributed by atoms with van der Waals surface area (Å²) in [5.41, 5.74) is 0. The Morgan fingerprint density at radius 3 is 1.25 bits per heavy atom. The van der Waals surface area contributed by atoms with Crippen LogP contribution in [0, 0.1) is 0 Å². The van der Waals surface area contributed by atoms with Crippen LogP contribution >= 0.6 is 0 Å². The van der Waals surface area contributed by atoms with E-state index < -0.39 is 0 Å². The Morgan fingerprint density at radius 1 is 0.475 bits per heavy atom. The van der Waals surface area contributed by atoms with E-state index in [0.29, 0.717) is 12.0 Å². The standard InChI is InChI=1S/C38H74N2/c1-5-8-10-12-14-16-18-19-20-22-24-26-28-30-33-37(31-7-3)38-39-34-35-40(38)36(4)32-29-27-25-23-21-17-15-13-11-9-6-2/h34-37H,5-33H2,1-4H3/p+1. The minimum absolute atomic E-state index is 0.621. The van der Waals surface area contributed by atoms with Crippen molar-refractivity contribution in [1.82, 2.24) is 4.98 Å². The average molecular weight is 560 g/mol. The van der Waals surface area contributed by atoms with Gasteiger partial charge in [0, 0.05) is 0 Å². The second kappa shape index (κ2) is 28.3. The van der Waals surface area contributed by atoms with Crippen molar-refractivity contribution >= 4 is 0 Å². The second-order valence-electron chi connectivity index (χ2n) is 13.3. The highest BCUT2D eigenvalue weighted by atomic mass is 15.1. The molecule has 2 unspecified atom stereocenters. The molecule has 1 rings (SSSR count). The zero-order valence-electron chi connectivity index (χ0n) is 28.3. The minimum atomic E-state index is 0.621. The Balaban J connectivity index is 2.14. The van der Waals surface area contributed by atoms with Crippen molar-refractivity contribution in [2.45, 2.75) is 226 Å². The molecule has 1 heterocycles. The molecule has 0 aliphatic rings. The third-order valence-corrected chi connectivity index (χ3v) is 9.37. The molecular formula is C38H75N2+. The molecule has 0 saturated carbocycles. The number of hydrogen-bond donors (Lipinski definition) is 1. The fourth-order valence-electron chi connectivity index (χ4n) is 6.67. The SMILES string of the molecule is CCCCCCCCCCCCCCCCC(CCC)c1[nH]cc[n+]1C(C)CCCCCCCCCCCCC. The van der Waals surface area contributed by atoms with Crippen LogP contribution in [0.5, 0.6) is 0 Å². The zero-order chi connectivity index (χ0) is 28.9. The first-order valence-corrected chi connectivity index (χ1v) is 18.8. The molecule has 0 amide bonds. The van der Waals surface area contributed by atoms with Gasteiger partial charge in [-0.1, -0.05) is 181 Å². The lowest BCUT2D eigenvalue weighted by atomic mass is 9.94. The van der Waals surface area contributed by atoms with Crippen molar-refractivity contribution in [1.29, 1.82) is 0 Å². The quantitative estimate of drug-likeness (QED) is 0.0689. The van der Waals surface area contributed by atoms with Crippen molar-refractivity contribution < 1.29 is 4.57 Å². The number of nitrogens with zero attached hydrogens (tertiary/aromatic N) is 1. The van der Waals surface area contributed by atoms with Gasteiger partial charge in [-0.05, 0) is 32.6 Å². The predicted molar refractivity (Wildman–Crippen MR) is 179 cm³/mol. The second-order valence-corrected chi connectivity index (χ2v) is 13.3. The smallest absolute Gasteiger partial charge is 0.247 e. The van der Waals surface area contributed by atoms with Crippen molar-refractivity contribution in [3.05, 3.63) is 18.2 Å². The molecule has 2 heteroatoms. The van der Waals surface area contributed by atoms with Crippen LogP contribution in [0.1, 0.15) is 232 Å². The van der Waals surface area contributed by atoms with Crippen LogP contribution in [-0.2, 0) is 0 Å². The third kappa shape index (κ3) is 20.1. The van der Waals surface area contributed by atoms with Gasteiger partial charge in [-0.2, -0.15) is 0 Å². The number of hydrogen-bond acceptors (Lipinski definition) is 0. The monoisotopic (exact) mass is 560 g/mol. The molecule has 1 aromatic rings. The molecule has 0 aromatic carbocycles. The number of unbranched alkanes of at least 4 members (excludes halogenated alkanes) is 23. The lowest BCUT2D eigenvalue weighted by Crippen LogP contribution is -2.41. The molecule has 0 fully saturated rings. The molecule has 0 radical (unpaired) electrons. The summed E-state index contributed by atoms with van der Waals surface area (Å²) >= 11 is 0.